The number of anilines is 1. The van der Waals surface area contributed by atoms with Gasteiger partial charge < -0.3 is 19.5 Å². The summed E-state index contributed by atoms with van der Waals surface area (Å²) in [4.78, 5) is 24.4. The van der Waals surface area contributed by atoms with Crippen LogP contribution in [0, 0.1) is 0 Å². The van der Waals surface area contributed by atoms with Crippen molar-refractivity contribution in [1.29, 1.82) is 0 Å². The van der Waals surface area contributed by atoms with Gasteiger partial charge in [0, 0.05) is 21.8 Å². The fraction of sp³-hybridized carbons (Fsp3) is 0.111. The molecule has 144 valence electrons. The zero-order valence-electron chi connectivity index (χ0n) is 13.8. The molecule has 1 N–H and O–H groups in total. The number of carbonyl (C=O) groups is 2. The average molecular weight is 426 g/mol. The van der Waals surface area contributed by atoms with Crippen molar-refractivity contribution >= 4 is 50.6 Å². The number of hydrogen-bond acceptors (Lipinski definition) is 6. The number of esters is 1. The van der Waals surface area contributed by atoms with E-state index in [-0.39, 0.29) is 27.1 Å². The molecule has 0 saturated heterocycles. The zero-order valence-corrected chi connectivity index (χ0v) is 15.4. The van der Waals surface area contributed by atoms with Gasteiger partial charge >= 0.3 is 12.3 Å². The summed E-state index contributed by atoms with van der Waals surface area (Å²) in [5.74, 6) is -1.74. The van der Waals surface area contributed by atoms with Crippen LogP contribution >= 0.6 is 22.9 Å². The van der Waals surface area contributed by atoms with Gasteiger partial charge in [0.25, 0.3) is 5.91 Å². The number of nitrogens with one attached hydrogen (secondary N) is 1. The Labute approximate surface area is 165 Å². The third-order valence-electron chi connectivity index (χ3n) is 3.74. The first kappa shape index (κ1) is 18.5. The number of halogens is 3. The Morgan fingerprint density at radius 3 is 2.68 bits per heavy atom. The molecule has 28 heavy (non-hydrogen) atoms. The minimum Gasteiger partial charge on any atom is -0.451 e. The van der Waals surface area contributed by atoms with E-state index in [1.165, 1.54) is 18.2 Å². The smallest absolute Gasteiger partial charge is 0.451 e. The van der Waals surface area contributed by atoms with Crippen molar-refractivity contribution in [2.45, 2.75) is 6.29 Å². The highest BCUT2D eigenvalue weighted by atomic mass is 35.5. The summed E-state index contributed by atoms with van der Waals surface area (Å²) in [5.41, 5.74) is 0.181. The van der Waals surface area contributed by atoms with E-state index in [0.29, 0.717) is 0 Å². The maximum absolute atomic E-state index is 13.0. The summed E-state index contributed by atoms with van der Waals surface area (Å²) < 4.78 is 40.4. The van der Waals surface area contributed by atoms with E-state index in [1.807, 2.05) is 12.1 Å². The van der Waals surface area contributed by atoms with Gasteiger partial charge in [-0.05, 0) is 18.2 Å². The van der Waals surface area contributed by atoms with Gasteiger partial charge in [0.15, 0.2) is 18.1 Å². The van der Waals surface area contributed by atoms with E-state index >= 15 is 0 Å². The Kier molecular flexibility index (Phi) is 4.56. The third kappa shape index (κ3) is 3.58. The molecule has 1 amide bonds. The lowest BCUT2D eigenvalue weighted by atomic mass is 10.2. The monoisotopic (exact) mass is 425 g/mol. The number of carbonyl (C=O) groups excluding carboxylic acids is 2. The Bertz CT molecular complexity index is 1100. The molecule has 0 saturated carbocycles. The predicted octanol–water partition coefficient (Wildman–Crippen LogP) is 4.67. The van der Waals surface area contributed by atoms with Crippen LogP contribution in [0.2, 0.25) is 5.02 Å². The molecule has 1 aliphatic rings. The average Bonchev–Trinajstić information content (AvgIpc) is 3.15. The lowest BCUT2D eigenvalue weighted by molar-refractivity contribution is -0.286. The highest BCUT2D eigenvalue weighted by Crippen LogP contribution is 2.42. The second-order valence-electron chi connectivity index (χ2n) is 5.69. The maximum atomic E-state index is 13.0. The number of rotatable bonds is 4. The normalized spacial score (nSPS) is 14.1. The Balaban J connectivity index is 1.38. The second kappa shape index (κ2) is 6.92. The van der Waals surface area contributed by atoms with Crippen LogP contribution < -0.4 is 14.8 Å². The van der Waals surface area contributed by atoms with Gasteiger partial charge in [0.05, 0.1) is 5.02 Å². The van der Waals surface area contributed by atoms with E-state index < -0.39 is 24.8 Å². The lowest BCUT2D eigenvalue weighted by Crippen LogP contribution is -2.25. The van der Waals surface area contributed by atoms with E-state index in [0.717, 1.165) is 21.4 Å². The SMILES string of the molecule is O=C(COC(=O)c1sc2ccccc2c1Cl)Nc1ccc2c(c1)OC(F)(F)O2. The van der Waals surface area contributed by atoms with Gasteiger partial charge in [-0.1, -0.05) is 29.8 Å². The fourth-order valence-electron chi connectivity index (χ4n) is 2.57. The van der Waals surface area contributed by atoms with E-state index in [1.54, 1.807) is 12.1 Å². The molecule has 0 atom stereocenters. The molecule has 0 bridgehead atoms. The van der Waals surface area contributed by atoms with Crippen molar-refractivity contribution in [3.63, 3.8) is 0 Å². The largest absolute Gasteiger partial charge is 0.586 e. The molecule has 2 heterocycles. The van der Waals surface area contributed by atoms with Crippen LogP contribution in [0.3, 0.4) is 0 Å². The summed E-state index contributed by atoms with van der Waals surface area (Å²) in [7, 11) is 0. The Morgan fingerprint density at radius 1 is 1.14 bits per heavy atom. The van der Waals surface area contributed by atoms with Crippen molar-refractivity contribution in [2.24, 2.45) is 0 Å². The molecule has 2 aromatic carbocycles. The van der Waals surface area contributed by atoms with Gasteiger partial charge in [0.2, 0.25) is 0 Å². The first-order valence-corrected chi connectivity index (χ1v) is 9.06. The number of fused-ring (bicyclic) bond motifs is 2. The van der Waals surface area contributed by atoms with Gasteiger partial charge in [-0.15, -0.1) is 20.1 Å². The summed E-state index contributed by atoms with van der Waals surface area (Å²) in [6.45, 7) is -0.575. The standard InChI is InChI=1S/C18H10ClF2NO5S/c19-15-10-3-1-2-4-13(10)28-16(15)17(24)25-8-14(23)22-9-5-6-11-12(7-9)27-18(20,21)26-11/h1-7H,8H2,(H,22,23). The van der Waals surface area contributed by atoms with Gasteiger partial charge in [-0.2, -0.15) is 0 Å². The van der Waals surface area contributed by atoms with Gasteiger partial charge in [0.1, 0.15) is 4.88 Å². The number of benzene rings is 2. The number of ether oxygens (including phenoxy) is 3. The summed E-state index contributed by atoms with van der Waals surface area (Å²) in [6, 6.07) is 11.0. The van der Waals surface area contributed by atoms with Crippen LogP contribution in [-0.2, 0) is 9.53 Å². The summed E-state index contributed by atoms with van der Waals surface area (Å²) in [5, 5.41) is 3.41. The van der Waals surface area contributed by atoms with Crippen molar-refractivity contribution < 1.29 is 32.6 Å². The van der Waals surface area contributed by atoms with Crippen LogP contribution in [-0.4, -0.2) is 24.8 Å². The number of thiophene rings is 1. The van der Waals surface area contributed by atoms with E-state index in [2.05, 4.69) is 14.8 Å². The molecule has 1 aliphatic heterocycles. The second-order valence-corrected chi connectivity index (χ2v) is 7.12. The molecule has 0 radical (unpaired) electrons. The molecule has 4 rings (SSSR count). The van der Waals surface area contributed by atoms with Gasteiger partial charge in [-0.3, -0.25) is 4.79 Å². The van der Waals surface area contributed by atoms with Crippen molar-refractivity contribution in [1.82, 2.24) is 0 Å². The molecule has 0 unspecified atom stereocenters. The first-order valence-electron chi connectivity index (χ1n) is 7.86. The van der Waals surface area contributed by atoms with Crippen LogP contribution in [0.5, 0.6) is 11.5 Å². The minimum atomic E-state index is -3.75. The third-order valence-corrected chi connectivity index (χ3v) is 5.40. The summed E-state index contributed by atoms with van der Waals surface area (Å²) in [6.07, 6.45) is -3.75. The van der Waals surface area contributed by atoms with Gasteiger partial charge in [-0.25, -0.2) is 4.79 Å². The predicted molar refractivity (Wildman–Crippen MR) is 98.4 cm³/mol. The minimum absolute atomic E-state index is 0.145. The molecular weight excluding hydrogens is 416 g/mol. The van der Waals surface area contributed by atoms with Crippen LogP contribution in [0.4, 0.5) is 14.5 Å². The quantitative estimate of drug-likeness (QED) is 0.615. The van der Waals surface area contributed by atoms with Crippen molar-refractivity contribution in [2.75, 3.05) is 11.9 Å². The summed E-state index contributed by atoms with van der Waals surface area (Å²) >= 11 is 7.36. The number of amides is 1. The van der Waals surface area contributed by atoms with Crippen LogP contribution in [0.15, 0.2) is 42.5 Å². The van der Waals surface area contributed by atoms with Crippen LogP contribution in [0.25, 0.3) is 10.1 Å². The Hall–Kier alpha value is -2.91. The molecule has 6 nitrogen and oxygen atoms in total. The highest BCUT2D eigenvalue weighted by molar-refractivity contribution is 7.21. The van der Waals surface area contributed by atoms with E-state index in [4.69, 9.17) is 16.3 Å². The molecule has 0 aliphatic carbocycles. The lowest BCUT2D eigenvalue weighted by Gasteiger charge is -2.07. The maximum Gasteiger partial charge on any atom is 0.586 e. The molecular formula is C18H10ClF2NO5S. The topological polar surface area (TPSA) is 73.9 Å². The van der Waals surface area contributed by atoms with Crippen molar-refractivity contribution in [3.05, 3.63) is 52.4 Å². The number of hydrogen-bond donors (Lipinski definition) is 1. The van der Waals surface area contributed by atoms with E-state index in [9.17, 15) is 18.4 Å². The molecule has 0 fully saturated rings. The van der Waals surface area contributed by atoms with Crippen molar-refractivity contribution in [3.8, 4) is 11.5 Å². The molecule has 1 aromatic heterocycles. The molecule has 0 spiro atoms. The van der Waals surface area contributed by atoms with Crippen LogP contribution in [0.1, 0.15) is 9.67 Å². The zero-order chi connectivity index (χ0) is 19.9. The molecule has 3 aromatic rings. The Morgan fingerprint density at radius 2 is 1.89 bits per heavy atom. The fourth-order valence-corrected chi connectivity index (χ4v) is 3.97. The molecule has 10 heteroatoms. The first-order chi connectivity index (χ1) is 13.3. The number of alkyl halides is 2. The highest BCUT2D eigenvalue weighted by Gasteiger charge is 2.43.